The average molecular weight is 339 g/mol. The predicted molar refractivity (Wildman–Crippen MR) is 81.6 cm³/mol. The Hall–Kier alpha value is 0. The number of hydrogen-bond donors (Lipinski definition) is 2. The van der Waals surface area contributed by atoms with E-state index in [4.69, 9.17) is 0 Å². The largest absolute Gasteiger partial charge is 0.356 e. The first-order valence-electron chi connectivity index (χ1n) is 6.24. The first-order valence-corrected chi connectivity index (χ1v) is 6.24. The maximum absolute atomic E-state index is 4.22. The van der Waals surface area contributed by atoms with Crippen LogP contribution >= 0.6 is 24.0 Å². The molecule has 0 atom stereocenters. The highest BCUT2D eigenvalue weighted by atomic mass is 127. The highest BCUT2D eigenvalue weighted by Gasteiger charge is 2.21. The average Bonchev–Trinajstić information content (AvgIpc) is 3.07. The molecule has 0 heterocycles. The number of hydrogen-bond acceptors (Lipinski definition) is 1. The van der Waals surface area contributed by atoms with Crippen LogP contribution in [-0.4, -0.2) is 26.1 Å². The Morgan fingerprint density at radius 2 is 1.88 bits per heavy atom. The van der Waals surface area contributed by atoms with Crippen LogP contribution in [0.25, 0.3) is 0 Å². The van der Waals surface area contributed by atoms with Crippen LogP contribution in [0.1, 0.15) is 39.5 Å². The number of aliphatic imine (C=N–C) groups is 1. The minimum atomic E-state index is 0. The van der Waals surface area contributed by atoms with Crippen molar-refractivity contribution in [2.24, 2.45) is 16.8 Å². The van der Waals surface area contributed by atoms with Crippen molar-refractivity contribution >= 4 is 29.9 Å². The van der Waals surface area contributed by atoms with Crippen molar-refractivity contribution in [2.45, 2.75) is 39.5 Å². The first-order chi connectivity index (χ1) is 7.30. The van der Waals surface area contributed by atoms with E-state index in [-0.39, 0.29) is 24.0 Å². The molecule has 4 heteroatoms. The molecule has 0 aromatic carbocycles. The van der Waals surface area contributed by atoms with Crippen LogP contribution in [0.3, 0.4) is 0 Å². The fourth-order valence-corrected chi connectivity index (χ4v) is 1.60. The fourth-order valence-electron chi connectivity index (χ4n) is 1.60. The summed E-state index contributed by atoms with van der Waals surface area (Å²) in [5.74, 6) is 2.63. The predicted octanol–water partition coefficient (Wildman–Crippen LogP) is 2.62. The molecular weight excluding hydrogens is 313 g/mol. The molecule has 1 fully saturated rings. The molecule has 96 valence electrons. The summed E-state index contributed by atoms with van der Waals surface area (Å²) in [4.78, 5) is 4.22. The Kier molecular flexibility index (Phi) is 9.07. The van der Waals surface area contributed by atoms with Gasteiger partial charge in [0.15, 0.2) is 5.96 Å². The van der Waals surface area contributed by atoms with E-state index in [0.717, 1.165) is 30.9 Å². The minimum absolute atomic E-state index is 0. The van der Waals surface area contributed by atoms with Crippen molar-refractivity contribution in [3.63, 3.8) is 0 Å². The van der Waals surface area contributed by atoms with Gasteiger partial charge >= 0.3 is 0 Å². The number of guanidine groups is 1. The second-order valence-corrected chi connectivity index (χ2v) is 4.46. The van der Waals surface area contributed by atoms with Crippen molar-refractivity contribution in [1.29, 1.82) is 0 Å². The standard InChI is InChI=1S/C12H25N3.HI/c1-4-10(5-2)8-14-12(13-3)15-9-11-6-7-11;/h10-11H,4-9H2,1-3H3,(H2,13,14,15);1H. The summed E-state index contributed by atoms with van der Waals surface area (Å²) in [5, 5.41) is 6.77. The van der Waals surface area contributed by atoms with E-state index in [1.54, 1.807) is 0 Å². The summed E-state index contributed by atoms with van der Waals surface area (Å²) in [7, 11) is 1.84. The highest BCUT2D eigenvalue weighted by Crippen LogP contribution is 2.27. The van der Waals surface area contributed by atoms with E-state index in [1.807, 2.05) is 7.05 Å². The second-order valence-electron chi connectivity index (χ2n) is 4.46. The van der Waals surface area contributed by atoms with Crippen molar-refractivity contribution in [3.8, 4) is 0 Å². The van der Waals surface area contributed by atoms with Gasteiger partial charge in [-0.25, -0.2) is 0 Å². The molecule has 16 heavy (non-hydrogen) atoms. The molecule has 0 aromatic heterocycles. The molecule has 0 amide bonds. The quantitative estimate of drug-likeness (QED) is 0.443. The third kappa shape index (κ3) is 6.55. The van der Waals surface area contributed by atoms with E-state index in [1.165, 1.54) is 25.7 Å². The third-order valence-corrected chi connectivity index (χ3v) is 3.19. The zero-order chi connectivity index (χ0) is 11.1. The molecule has 1 aliphatic rings. The lowest BCUT2D eigenvalue weighted by Crippen LogP contribution is -2.40. The lowest BCUT2D eigenvalue weighted by Gasteiger charge is -2.16. The number of halogens is 1. The maximum Gasteiger partial charge on any atom is 0.190 e. The van der Waals surface area contributed by atoms with Gasteiger partial charge in [0.05, 0.1) is 0 Å². The summed E-state index contributed by atoms with van der Waals surface area (Å²) in [6.45, 7) is 6.62. The van der Waals surface area contributed by atoms with Gasteiger partial charge in [0.25, 0.3) is 0 Å². The maximum atomic E-state index is 4.22. The van der Waals surface area contributed by atoms with Gasteiger partial charge in [0.1, 0.15) is 0 Å². The summed E-state index contributed by atoms with van der Waals surface area (Å²) in [6, 6.07) is 0. The van der Waals surface area contributed by atoms with Gasteiger partial charge in [-0.2, -0.15) is 0 Å². The molecule has 0 radical (unpaired) electrons. The van der Waals surface area contributed by atoms with Crippen LogP contribution < -0.4 is 10.6 Å². The molecule has 1 aliphatic carbocycles. The summed E-state index contributed by atoms with van der Waals surface area (Å²) >= 11 is 0. The van der Waals surface area contributed by atoms with Crippen molar-refractivity contribution in [3.05, 3.63) is 0 Å². The van der Waals surface area contributed by atoms with Gasteiger partial charge in [-0.1, -0.05) is 26.7 Å². The van der Waals surface area contributed by atoms with Gasteiger partial charge < -0.3 is 10.6 Å². The SMILES string of the molecule is CCC(CC)CNC(=NC)NCC1CC1.I. The van der Waals surface area contributed by atoms with Gasteiger partial charge in [-0.05, 0) is 24.7 Å². The topological polar surface area (TPSA) is 36.4 Å². The normalized spacial score (nSPS) is 15.9. The van der Waals surface area contributed by atoms with Gasteiger partial charge in [-0.3, -0.25) is 4.99 Å². The molecule has 0 spiro atoms. The van der Waals surface area contributed by atoms with E-state index < -0.39 is 0 Å². The molecule has 0 aromatic rings. The zero-order valence-corrected chi connectivity index (χ0v) is 13.1. The van der Waals surface area contributed by atoms with Crippen molar-refractivity contribution in [1.82, 2.24) is 10.6 Å². The molecule has 0 bridgehead atoms. The molecule has 0 unspecified atom stereocenters. The van der Waals surface area contributed by atoms with Crippen LogP contribution in [0.15, 0.2) is 4.99 Å². The lowest BCUT2D eigenvalue weighted by atomic mass is 10.0. The van der Waals surface area contributed by atoms with Crippen LogP contribution in [0.2, 0.25) is 0 Å². The summed E-state index contributed by atoms with van der Waals surface area (Å²) in [6.07, 6.45) is 5.25. The molecular formula is C12H26IN3. The fraction of sp³-hybridized carbons (Fsp3) is 0.917. The van der Waals surface area contributed by atoms with Crippen molar-refractivity contribution < 1.29 is 0 Å². The Balaban J connectivity index is 0.00000225. The second kappa shape index (κ2) is 9.07. The molecule has 1 rings (SSSR count). The van der Waals surface area contributed by atoms with Crippen LogP contribution in [0.5, 0.6) is 0 Å². The Bertz CT molecular complexity index is 198. The summed E-state index contributed by atoms with van der Waals surface area (Å²) in [5.41, 5.74) is 0. The van der Waals surface area contributed by atoms with Gasteiger partial charge in [0.2, 0.25) is 0 Å². The lowest BCUT2D eigenvalue weighted by molar-refractivity contribution is 0.481. The van der Waals surface area contributed by atoms with E-state index >= 15 is 0 Å². The monoisotopic (exact) mass is 339 g/mol. The number of nitrogens with zero attached hydrogens (tertiary/aromatic N) is 1. The van der Waals surface area contributed by atoms with Gasteiger partial charge in [-0.15, -0.1) is 24.0 Å². The molecule has 0 aliphatic heterocycles. The number of rotatable bonds is 6. The van der Waals surface area contributed by atoms with Crippen molar-refractivity contribution in [2.75, 3.05) is 20.1 Å². The Morgan fingerprint density at radius 3 is 2.31 bits per heavy atom. The molecule has 1 saturated carbocycles. The zero-order valence-electron chi connectivity index (χ0n) is 10.8. The molecule has 3 nitrogen and oxygen atoms in total. The smallest absolute Gasteiger partial charge is 0.190 e. The van der Waals surface area contributed by atoms with Crippen LogP contribution in [0.4, 0.5) is 0 Å². The highest BCUT2D eigenvalue weighted by molar-refractivity contribution is 14.0. The molecule has 2 N–H and O–H groups in total. The van der Waals surface area contributed by atoms with Crippen LogP contribution in [0, 0.1) is 11.8 Å². The van der Waals surface area contributed by atoms with Crippen LogP contribution in [-0.2, 0) is 0 Å². The van der Waals surface area contributed by atoms with E-state index in [2.05, 4.69) is 29.5 Å². The third-order valence-electron chi connectivity index (χ3n) is 3.19. The first kappa shape index (κ1) is 16.0. The minimum Gasteiger partial charge on any atom is -0.356 e. The Morgan fingerprint density at radius 1 is 1.25 bits per heavy atom. The summed E-state index contributed by atoms with van der Waals surface area (Å²) < 4.78 is 0. The van der Waals surface area contributed by atoms with E-state index in [9.17, 15) is 0 Å². The van der Waals surface area contributed by atoms with E-state index in [0.29, 0.717) is 0 Å². The Labute approximate surface area is 117 Å². The number of nitrogens with one attached hydrogen (secondary N) is 2. The molecule has 0 saturated heterocycles. The van der Waals surface area contributed by atoms with Gasteiger partial charge in [0, 0.05) is 20.1 Å².